The Bertz CT molecular complexity index is 934. The number of aromatic nitrogens is 2. The summed E-state index contributed by atoms with van der Waals surface area (Å²) in [7, 11) is -3.99. The van der Waals surface area contributed by atoms with E-state index in [9.17, 15) is 12.8 Å². The Hall–Kier alpha value is -1.48. The lowest BCUT2D eigenvalue weighted by atomic mass is 10.2. The van der Waals surface area contributed by atoms with Crippen LogP contribution >= 0.6 is 22.6 Å². The maximum atomic E-state index is 14.4. The van der Waals surface area contributed by atoms with Gasteiger partial charge < -0.3 is 4.98 Å². The van der Waals surface area contributed by atoms with E-state index >= 15 is 0 Å². The van der Waals surface area contributed by atoms with Crippen LogP contribution in [0, 0.1) is 16.3 Å². The summed E-state index contributed by atoms with van der Waals surface area (Å²) < 4.78 is 39.8. The van der Waals surface area contributed by atoms with E-state index < -0.39 is 20.7 Å². The standard InChI is InChI=1S/C14H10FIN2O2S/c1-8-2-4-9(5-3-8)21(19,20)14-11(15)12(16)10-6-7-17-13(10)18-14/h2-7H,1H3,(H,17,18). The van der Waals surface area contributed by atoms with Gasteiger partial charge in [0.2, 0.25) is 9.84 Å². The fraction of sp³-hybridized carbons (Fsp3) is 0.0714. The highest BCUT2D eigenvalue weighted by Crippen LogP contribution is 2.29. The minimum atomic E-state index is -3.99. The monoisotopic (exact) mass is 416 g/mol. The third-order valence-electron chi connectivity index (χ3n) is 3.14. The number of fused-ring (bicyclic) bond motifs is 1. The maximum Gasteiger partial charge on any atom is 0.226 e. The molecule has 4 nitrogen and oxygen atoms in total. The van der Waals surface area contributed by atoms with Crippen molar-refractivity contribution in [3.63, 3.8) is 0 Å². The van der Waals surface area contributed by atoms with Gasteiger partial charge in [0, 0.05) is 11.6 Å². The second-order valence-corrected chi connectivity index (χ2v) is 7.55. The molecular formula is C14H10FIN2O2S. The third-order valence-corrected chi connectivity index (χ3v) is 5.87. The number of hydrogen-bond acceptors (Lipinski definition) is 3. The fourth-order valence-electron chi connectivity index (χ4n) is 2.00. The molecule has 0 atom stereocenters. The van der Waals surface area contributed by atoms with Crippen LogP contribution in [0.5, 0.6) is 0 Å². The Morgan fingerprint density at radius 1 is 1.19 bits per heavy atom. The number of sulfone groups is 1. The summed E-state index contributed by atoms with van der Waals surface area (Å²) in [6.07, 6.45) is 1.60. The second kappa shape index (κ2) is 5.06. The highest BCUT2D eigenvalue weighted by atomic mass is 127. The second-order valence-electron chi connectivity index (χ2n) is 4.60. The predicted octanol–water partition coefficient (Wildman–Crippen LogP) is 3.45. The van der Waals surface area contributed by atoms with Gasteiger partial charge in [-0.2, -0.15) is 0 Å². The first kappa shape index (κ1) is 14.5. The summed E-state index contributed by atoms with van der Waals surface area (Å²) in [5.41, 5.74) is 1.28. The summed E-state index contributed by atoms with van der Waals surface area (Å²) in [6.45, 7) is 1.85. The lowest BCUT2D eigenvalue weighted by Gasteiger charge is -2.07. The number of H-pyrrole nitrogens is 1. The van der Waals surface area contributed by atoms with Gasteiger partial charge in [0.05, 0.1) is 8.47 Å². The minimum absolute atomic E-state index is 0.0289. The molecule has 0 radical (unpaired) electrons. The highest BCUT2D eigenvalue weighted by Gasteiger charge is 2.27. The van der Waals surface area contributed by atoms with Gasteiger partial charge in [0.1, 0.15) is 5.65 Å². The Morgan fingerprint density at radius 2 is 1.86 bits per heavy atom. The average Bonchev–Trinajstić information content (AvgIpc) is 2.91. The number of nitrogens with one attached hydrogen (secondary N) is 1. The van der Waals surface area contributed by atoms with E-state index in [2.05, 4.69) is 9.97 Å². The van der Waals surface area contributed by atoms with Gasteiger partial charge in [-0.15, -0.1) is 0 Å². The van der Waals surface area contributed by atoms with Crippen LogP contribution in [0.25, 0.3) is 11.0 Å². The summed E-state index contributed by atoms with van der Waals surface area (Å²) in [5, 5.41) is 0.0154. The zero-order valence-corrected chi connectivity index (χ0v) is 13.9. The molecule has 2 aromatic heterocycles. The Morgan fingerprint density at radius 3 is 2.52 bits per heavy atom. The normalized spacial score (nSPS) is 12.0. The van der Waals surface area contributed by atoms with E-state index in [1.54, 1.807) is 47.0 Å². The van der Waals surface area contributed by atoms with Crippen LogP contribution in [0.2, 0.25) is 0 Å². The topological polar surface area (TPSA) is 62.8 Å². The van der Waals surface area contributed by atoms with Crippen molar-refractivity contribution < 1.29 is 12.8 Å². The molecule has 1 N–H and O–H groups in total. The summed E-state index contributed by atoms with van der Waals surface area (Å²) >= 11 is 1.79. The molecule has 0 aliphatic heterocycles. The van der Waals surface area contributed by atoms with Crippen molar-refractivity contribution in [2.45, 2.75) is 16.8 Å². The minimum Gasteiger partial charge on any atom is -0.346 e. The van der Waals surface area contributed by atoms with Crippen LogP contribution in [0.15, 0.2) is 46.5 Å². The van der Waals surface area contributed by atoms with Gasteiger partial charge in [0.15, 0.2) is 10.8 Å². The lowest BCUT2D eigenvalue weighted by Crippen LogP contribution is -2.09. The molecule has 0 bridgehead atoms. The fourth-order valence-corrected chi connectivity index (χ4v) is 4.14. The van der Waals surface area contributed by atoms with Crippen molar-refractivity contribution in [2.75, 3.05) is 0 Å². The van der Waals surface area contributed by atoms with Crippen molar-refractivity contribution in [2.24, 2.45) is 0 Å². The van der Waals surface area contributed by atoms with Crippen molar-refractivity contribution in [1.29, 1.82) is 0 Å². The SMILES string of the molecule is Cc1ccc(S(=O)(=O)c2nc3[nH]ccc3c(I)c2F)cc1. The molecule has 0 aliphatic carbocycles. The molecule has 1 aromatic carbocycles. The summed E-state index contributed by atoms with van der Waals surface area (Å²) in [6, 6.07) is 7.91. The van der Waals surface area contributed by atoms with Gasteiger partial charge in [0.25, 0.3) is 0 Å². The molecule has 108 valence electrons. The first-order valence-corrected chi connectivity index (χ1v) is 8.61. The Balaban J connectivity index is 2.28. The van der Waals surface area contributed by atoms with E-state index in [4.69, 9.17) is 0 Å². The highest BCUT2D eigenvalue weighted by molar-refractivity contribution is 14.1. The van der Waals surface area contributed by atoms with Crippen LogP contribution in [-0.2, 0) is 9.84 Å². The lowest BCUT2D eigenvalue weighted by molar-refractivity contribution is 0.552. The third kappa shape index (κ3) is 2.34. The van der Waals surface area contributed by atoms with Crippen molar-refractivity contribution in [1.82, 2.24) is 9.97 Å². The number of halogens is 2. The summed E-state index contributed by atoms with van der Waals surface area (Å²) in [5.74, 6) is -0.816. The van der Waals surface area contributed by atoms with Gasteiger partial charge in [-0.25, -0.2) is 17.8 Å². The smallest absolute Gasteiger partial charge is 0.226 e. The molecule has 21 heavy (non-hydrogen) atoms. The van der Waals surface area contributed by atoms with E-state index in [-0.39, 0.29) is 8.47 Å². The molecule has 0 saturated heterocycles. The van der Waals surface area contributed by atoms with E-state index in [0.29, 0.717) is 11.0 Å². The largest absolute Gasteiger partial charge is 0.346 e. The Kier molecular flexibility index (Phi) is 3.48. The van der Waals surface area contributed by atoms with Gasteiger partial charge in [-0.05, 0) is 47.7 Å². The molecule has 0 aliphatic rings. The predicted molar refractivity (Wildman–Crippen MR) is 85.4 cm³/mol. The van der Waals surface area contributed by atoms with Crippen LogP contribution in [-0.4, -0.2) is 18.4 Å². The number of rotatable bonds is 2. The molecule has 0 unspecified atom stereocenters. The summed E-state index contributed by atoms with van der Waals surface area (Å²) in [4.78, 5) is 6.79. The van der Waals surface area contributed by atoms with Crippen LogP contribution < -0.4 is 0 Å². The number of aryl methyl sites for hydroxylation is 1. The quantitative estimate of drug-likeness (QED) is 0.652. The van der Waals surface area contributed by atoms with Crippen LogP contribution in [0.3, 0.4) is 0 Å². The molecule has 0 amide bonds. The molecule has 3 rings (SSSR count). The number of benzene rings is 1. The molecule has 2 heterocycles. The molecule has 0 saturated carbocycles. The van der Waals surface area contributed by atoms with E-state index in [1.165, 1.54) is 12.1 Å². The van der Waals surface area contributed by atoms with Gasteiger partial charge >= 0.3 is 0 Å². The van der Waals surface area contributed by atoms with Gasteiger partial charge in [-0.1, -0.05) is 17.7 Å². The van der Waals surface area contributed by atoms with Crippen molar-refractivity contribution >= 4 is 43.5 Å². The number of nitrogens with zero attached hydrogens (tertiary/aromatic N) is 1. The van der Waals surface area contributed by atoms with Gasteiger partial charge in [-0.3, -0.25) is 0 Å². The molecule has 3 aromatic rings. The maximum absolute atomic E-state index is 14.4. The molecule has 0 fully saturated rings. The molecule has 0 spiro atoms. The number of pyridine rings is 1. The molecule has 7 heteroatoms. The molecular weight excluding hydrogens is 406 g/mol. The van der Waals surface area contributed by atoms with E-state index in [0.717, 1.165) is 5.56 Å². The van der Waals surface area contributed by atoms with Crippen molar-refractivity contribution in [3.8, 4) is 0 Å². The first-order chi connectivity index (χ1) is 9.91. The Labute approximate surface area is 134 Å². The zero-order chi connectivity index (χ0) is 15.2. The zero-order valence-electron chi connectivity index (χ0n) is 10.9. The average molecular weight is 416 g/mol. The number of aromatic amines is 1. The van der Waals surface area contributed by atoms with Crippen molar-refractivity contribution in [3.05, 3.63) is 51.5 Å². The van der Waals surface area contributed by atoms with Crippen LogP contribution in [0.1, 0.15) is 5.56 Å². The van der Waals surface area contributed by atoms with Crippen LogP contribution in [0.4, 0.5) is 4.39 Å². The number of hydrogen-bond donors (Lipinski definition) is 1. The van der Waals surface area contributed by atoms with E-state index in [1.807, 2.05) is 6.92 Å². The first-order valence-electron chi connectivity index (χ1n) is 6.05.